The zero-order valence-electron chi connectivity index (χ0n) is 21.5. The third-order valence-corrected chi connectivity index (χ3v) is 7.33. The number of nitrogens with zero attached hydrogens (tertiary/aromatic N) is 2. The number of benzene rings is 2. The number of hydroxylamine groups is 2. The number of allylic oxidation sites excluding steroid dienone is 2. The van der Waals surface area contributed by atoms with Crippen LogP contribution < -0.4 is 5.32 Å². The summed E-state index contributed by atoms with van der Waals surface area (Å²) in [7, 11) is 0. The predicted molar refractivity (Wildman–Crippen MR) is 137 cm³/mol. The van der Waals surface area contributed by atoms with Gasteiger partial charge in [0.05, 0.1) is 22.3 Å². The highest BCUT2D eigenvalue weighted by atomic mass is 16.7. The third-order valence-electron chi connectivity index (χ3n) is 7.33. The van der Waals surface area contributed by atoms with Crippen molar-refractivity contribution in [3.05, 3.63) is 88.0 Å². The maximum Gasteiger partial charge on any atom is 0.407 e. The van der Waals surface area contributed by atoms with E-state index in [1.165, 1.54) is 36.4 Å². The number of carbonyl (C=O) groups excluding carboxylic acids is 5. The number of fused-ring (bicyclic) bond motifs is 5. The number of nitro groups is 1. The highest BCUT2D eigenvalue weighted by Gasteiger charge is 2.61. The number of carbonyl (C=O) groups is 5. The molecule has 0 spiro atoms. The standard InChI is InChI=1S/C28H25N3O10/c32-24-22-18-8-9-19(14-18)23(22)25(33)30(24)41-27(35)21(40-26(34)17-4-2-1-3-5-17)12-13-29-28(36)39-15-16-6-10-20(11-7-16)31(37)38/h1-11,18-19,21-23H,12-15H2,(H,29,36)/t18-,19?,21+,22+,23-/m0/s1. The topological polar surface area (TPSA) is 171 Å². The van der Waals surface area contributed by atoms with Crippen molar-refractivity contribution < 1.29 is 43.2 Å². The summed E-state index contributed by atoms with van der Waals surface area (Å²) in [5, 5.41) is 13.6. The van der Waals surface area contributed by atoms with E-state index in [0.717, 1.165) is 0 Å². The molecule has 2 fully saturated rings. The Morgan fingerprint density at radius 2 is 1.61 bits per heavy atom. The van der Waals surface area contributed by atoms with Gasteiger partial charge in [0.15, 0.2) is 0 Å². The highest BCUT2D eigenvalue weighted by Crippen LogP contribution is 2.52. The SMILES string of the molecule is O=C(NCC[C@@H](OC(=O)c1ccccc1)C(=O)ON1C(=O)[C@@H]2[C@H]3C=CC(C3)[C@@H]2C1=O)OCc1ccc([N+](=O)[O-])cc1. The molecule has 2 aliphatic carbocycles. The lowest BCUT2D eigenvalue weighted by Crippen LogP contribution is -2.41. The molecule has 1 heterocycles. The van der Waals surface area contributed by atoms with Gasteiger partial charge in [-0.2, -0.15) is 0 Å². The van der Waals surface area contributed by atoms with Gasteiger partial charge in [-0.15, -0.1) is 5.06 Å². The number of alkyl carbamates (subject to hydrolysis) is 1. The Labute approximate surface area is 233 Å². The summed E-state index contributed by atoms with van der Waals surface area (Å²) in [6.45, 7) is -0.362. The number of amides is 3. The Morgan fingerprint density at radius 1 is 0.976 bits per heavy atom. The molecule has 2 aromatic carbocycles. The van der Waals surface area contributed by atoms with E-state index in [4.69, 9.17) is 14.3 Å². The number of esters is 1. The average Bonchev–Trinajstić information content (AvgIpc) is 3.66. The lowest BCUT2D eigenvalue weighted by atomic mass is 9.85. The second kappa shape index (κ2) is 11.6. The minimum atomic E-state index is -1.56. The minimum Gasteiger partial charge on any atom is -0.447 e. The monoisotopic (exact) mass is 563 g/mol. The molecule has 212 valence electrons. The van der Waals surface area contributed by atoms with E-state index in [9.17, 15) is 34.1 Å². The van der Waals surface area contributed by atoms with Gasteiger partial charge in [0.1, 0.15) is 6.61 Å². The zero-order chi connectivity index (χ0) is 29.1. The Bertz CT molecular complexity index is 1380. The van der Waals surface area contributed by atoms with Crippen LogP contribution in [0.4, 0.5) is 10.5 Å². The molecular weight excluding hydrogens is 538 g/mol. The highest BCUT2D eigenvalue weighted by molar-refractivity contribution is 6.06. The molecule has 1 saturated carbocycles. The van der Waals surface area contributed by atoms with Gasteiger partial charge < -0.3 is 19.6 Å². The van der Waals surface area contributed by atoms with Gasteiger partial charge >= 0.3 is 18.0 Å². The molecule has 2 bridgehead atoms. The molecule has 0 radical (unpaired) electrons. The molecule has 3 aliphatic rings. The molecule has 3 amide bonds. The van der Waals surface area contributed by atoms with Crippen molar-refractivity contribution >= 4 is 35.5 Å². The average molecular weight is 564 g/mol. The van der Waals surface area contributed by atoms with Crippen molar-refractivity contribution in [1.82, 2.24) is 10.4 Å². The van der Waals surface area contributed by atoms with Crippen LogP contribution in [0.15, 0.2) is 66.7 Å². The first kappa shape index (κ1) is 27.5. The Hall–Kier alpha value is -5.07. The second-order valence-corrected chi connectivity index (χ2v) is 9.86. The van der Waals surface area contributed by atoms with Crippen LogP contribution in [0, 0.1) is 33.8 Å². The molecule has 1 saturated heterocycles. The molecule has 41 heavy (non-hydrogen) atoms. The van der Waals surface area contributed by atoms with Gasteiger partial charge in [-0.05, 0) is 48.1 Å². The van der Waals surface area contributed by atoms with Crippen LogP contribution in [0.1, 0.15) is 28.8 Å². The lowest BCUT2D eigenvalue weighted by Gasteiger charge is -2.21. The molecule has 1 N–H and O–H groups in total. The fourth-order valence-corrected chi connectivity index (χ4v) is 5.33. The molecule has 0 aromatic heterocycles. The summed E-state index contributed by atoms with van der Waals surface area (Å²) in [4.78, 5) is 79.1. The number of hydrogen-bond acceptors (Lipinski definition) is 10. The third kappa shape index (κ3) is 5.78. The van der Waals surface area contributed by atoms with Crippen LogP contribution in [0.25, 0.3) is 0 Å². The minimum absolute atomic E-state index is 0.0851. The van der Waals surface area contributed by atoms with Crippen molar-refractivity contribution in [1.29, 1.82) is 0 Å². The zero-order valence-corrected chi connectivity index (χ0v) is 21.5. The van der Waals surface area contributed by atoms with E-state index in [2.05, 4.69) is 5.32 Å². The summed E-state index contributed by atoms with van der Waals surface area (Å²) in [5.74, 6) is -4.52. The van der Waals surface area contributed by atoms with Crippen molar-refractivity contribution in [3.63, 3.8) is 0 Å². The van der Waals surface area contributed by atoms with Gasteiger partial charge in [0, 0.05) is 25.1 Å². The predicted octanol–water partition coefficient (Wildman–Crippen LogP) is 2.70. The van der Waals surface area contributed by atoms with Gasteiger partial charge in [0.2, 0.25) is 6.10 Å². The van der Waals surface area contributed by atoms with E-state index < -0.39 is 52.7 Å². The molecule has 2 aromatic rings. The molecule has 5 atom stereocenters. The fourth-order valence-electron chi connectivity index (χ4n) is 5.33. The van der Waals surface area contributed by atoms with E-state index in [1.807, 2.05) is 12.2 Å². The molecule has 13 nitrogen and oxygen atoms in total. The van der Waals surface area contributed by atoms with E-state index in [-0.39, 0.29) is 42.7 Å². The molecule has 13 heteroatoms. The smallest absolute Gasteiger partial charge is 0.407 e. The Morgan fingerprint density at radius 3 is 2.22 bits per heavy atom. The largest absolute Gasteiger partial charge is 0.447 e. The second-order valence-electron chi connectivity index (χ2n) is 9.86. The van der Waals surface area contributed by atoms with Crippen LogP contribution in [0.5, 0.6) is 0 Å². The first-order valence-electron chi connectivity index (χ1n) is 12.9. The van der Waals surface area contributed by atoms with E-state index in [0.29, 0.717) is 17.0 Å². The van der Waals surface area contributed by atoms with Crippen LogP contribution in [-0.4, -0.2) is 52.5 Å². The summed E-state index contributed by atoms with van der Waals surface area (Å²) in [6, 6.07) is 13.3. The van der Waals surface area contributed by atoms with Gasteiger partial charge in [-0.25, -0.2) is 14.4 Å². The first-order chi connectivity index (χ1) is 19.7. The van der Waals surface area contributed by atoms with Crippen LogP contribution in [-0.2, 0) is 35.3 Å². The van der Waals surface area contributed by atoms with Gasteiger partial charge in [-0.3, -0.25) is 19.7 Å². The Kier molecular flexibility index (Phi) is 7.77. The van der Waals surface area contributed by atoms with Crippen molar-refractivity contribution in [2.45, 2.75) is 25.6 Å². The summed E-state index contributed by atoms with van der Waals surface area (Å²) in [5.41, 5.74) is 0.564. The first-order valence-corrected chi connectivity index (χ1v) is 12.9. The van der Waals surface area contributed by atoms with Gasteiger partial charge in [0.25, 0.3) is 17.5 Å². The lowest BCUT2D eigenvalue weighted by molar-refractivity contribution is -0.384. The normalized spacial score (nSPS) is 22.7. The fraction of sp³-hybridized carbons (Fsp3) is 0.321. The molecule has 1 unspecified atom stereocenters. The van der Waals surface area contributed by atoms with Crippen LogP contribution in [0.2, 0.25) is 0 Å². The van der Waals surface area contributed by atoms with E-state index in [1.54, 1.807) is 18.2 Å². The number of ether oxygens (including phenoxy) is 2. The van der Waals surface area contributed by atoms with E-state index >= 15 is 0 Å². The number of nitrogens with one attached hydrogen (secondary N) is 1. The molecule has 1 aliphatic heterocycles. The number of imide groups is 1. The quantitative estimate of drug-likeness (QED) is 0.149. The van der Waals surface area contributed by atoms with Crippen molar-refractivity contribution in [2.24, 2.45) is 23.7 Å². The van der Waals surface area contributed by atoms with Crippen molar-refractivity contribution in [3.8, 4) is 0 Å². The number of hydrogen-bond donors (Lipinski definition) is 1. The molecular formula is C28H25N3O10. The number of non-ortho nitro benzene ring substituents is 1. The molecule has 5 rings (SSSR count). The summed E-state index contributed by atoms with van der Waals surface area (Å²) >= 11 is 0. The maximum atomic E-state index is 13.1. The summed E-state index contributed by atoms with van der Waals surface area (Å²) in [6.07, 6.45) is 1.84. The maximum absolute atomic E-state index is 13.1. The van der Waals surface area contributed by atoms with Crippen LogP contribution >= 0.6 is 0 Å². The van der Waals surface area contributed by atoms with Gasteiger partial charge in [-0.1, -0.05) is 30.4 Å². The van der Waals surface area contributed by atoms with Crippen LogP contribution in [0.3, 0.4) is 0 Å². The summed E-state index contributed by atoms with van der Waals surface area (Å²) < 4.78 is 10.4. The number of nitro benzene ring substituents is 1. The Balaban J connectivity index is 1.18. The number of rotatable bonds is 10. The van der Waals surface area contributed by atoms with Crippen molar-refractivity contribution in [2.75, 3.05) is 6.54 Å².